The van der Waals surface area contributed by atoms with Crippen LogP contribution in [0.5, 0.6) is 0 Å². The van der Waals surface area contributed by atoms with E-state index in [1.165, 1.54) is 12.1 Å². The van der Waals surface area contributed by atoms with Gasteiger partial charge in [0.25, 0.3) is 0 Å². The van der Waals surface area contributed by atoms with Gasteiger partial charge in [-0.1, -0.05) is 0 Å². The standard InChI is InChI=1S/C7H6N2O3/c8-5-1-2-6-3-4-7(12-6)9(10)11/h3-4H,1-2H2. The molecule has 0 spiro atoms. The van der Waals surface area contributed by atoms with E-state index in [4.69, 9.17) is 9.68 Å². The predicted molar refractivity (Wildman–Crippen MR) is 39.3 cm³/mol. The topological polar surface area (TPSA) is 80.1 Å². The smallest absolute Gasteiger partial charge is 0.406 e. The molecule has 0 saturated carbocycles. The van der Waals surface area contributed by atoms with E-state index in [0.29, 0.717) is 18.6 Å². The van der Waals surface area contributed by atoms with Crippen molar-refractivity contribution in [3.8, 4) is 6.07 Å². The second-order valence-electron chi connectivity index (χ2n) is 2.16. The highest BCUT2D eigenvalue weighted by Gasteiger charge is 2.10. The van der Waals surface area contributed by atoms with Gasteiger partial charge in [0, 0.05) is 12.8 Å². The second kappa shape index (κ2) is 3.53. The molecule has 5 nitrogen and oxygen atoms in total. The van der Waals surface area contributed by atoms with Crippen LogP contribution in [0, 0.1) is 21.4 Å². The first-order valence-corrected chi connectivity index (χ1v) is 3.34. The molecule has 0 aliphatic rings. The molecule has 1 heterocycles. The van der Waals surface area contributed by atoms with Gasteiger partial charge < -0.3 is 4.42 Å². The Morgan fingerprint density at radius 3 is 2.92 bits per heavy atom. The fraction of sp³-hybridized carbons (Fsp3) is 0.286. The van der Waals surface area contributed by atoms with E-state index < -0.39 is 4.92 Å². The first kappa shape index (κ1) is 8.27. The Hall–Kier alpha value is -1.83. The van der Waals surface area contributed by atoms with Crippen molar-refractivity contribution in [3.05, 3.63) is 28.0 Å². The SMILES string of the molecule is N#CCCc1ccc([N+](=O)[O-])o1. The third kappa shape index (κ3) is 1.83. The molecule has 0 aromatic carbocycles. The minimum Gasteiger partial charge on any atom is -0.406 e. The quantitative estimate of drug-likeness (QED) is 0.505. The van der Waals surface area contributed by atoms with Crippen molar-refractivity contribution in [2.24, 2.45) is 0 Å². The normalized spacial score (nSPS) is 9.25. The van der Waals surface area contributed by atoms with Gasteiger partial charge in [0.15, 0.2) is 0 Å². The molecule has 1 aromatic heterocycles. The van der Waals surface area contributed by atoms with Gasteiger partial charge in [-0.25, -0.2) is 0 Å². The van der Waals surface area contributed by atoms with Crippen LogP contribution in [0.1, 0.15) is 12.2 Å². The van der Waals surface area contributed by atoms with Crippen molar-refractivity contribution in [1.82, 2.24) is 0 Å². The van der Waals surface area contributed by atoms with E-state index in [9.17, 15) is 10.1 Å². The molecule has 0 aliphatic heterocycles. The number of nitrogens with zero attached hydrogens (tertiary/aromatic N) is 2. The fourth-order valence-electron chi connectivity index (χ4n) is 0.778. The first-order chi connectivity index (χ1) is 5.74. The molecule has 12 heavy (non-hydrogen) atoms. The molecule has 5 heteroatoms. The summed E-state index contributed by atoms with van der Waals surface area (Å²) in [4.78, 5) is 9.53. The molecular weight excluding hydrogens is 160 g/mol. The number of aryl methyl sites for hydroxylation is 1. The van der Waals surface area contributed by atoms with E-state index >= 15 is 0 Å². The van der Waals surface area contributed by atoms with E-state index in [0.717, 1.165) is 0 Å². The van der Waals surface area contributed by atoms with Crippen LogP contribution in [0.3, 0.4) is 0 Å². The zero-order chi connectivity index (χ0) is 8.97. The summed E-state index contributed by atoms with van der Waals surface area (Å²) in [5.74, 6) is 0.200. The Kier molecular flexibility index (Phi) is 2.43. The number of rotatable bonds is 3. The Balaban J connectivity index is 2.66. The van der Waals surface area contributed by atoms with Gasteiger partial charge in [0.05, 0.1) is 12.1 Å². The third-order valence-corrected chi connectivity index (χ3v) is 1.31. The summed E-state index contributed by atoms with van der Waals surface area (Å²) < 4.78 is 4.80. The van der Waals surface area contributed by atoms with Crippen LogP contribution in [0.4, 0.5) is 5.88 Å². The third-order valence-electron chi connectivity index (χ3n) is 1.31. The molecule has 0 bridgehead atoms. The van der Waals surface area contributed by atoms with Gasteiger partial charge in [-0.15, -0.1) is 0 Å². The summed E-state index contributed by atoms with van der Waals surface area (Å²) in [6, 6.07) is 4.72. The Morgan fingerprint density at radius 2 is 2.42 bits per heavy atom. The zero-order valence-corrected chi connectivity index (χ0v) is 6.19. The monoisotopic (exact) mass is 166 g/mol. The highest BCUT2D eigenvalue weighted by atomic mass is 16.6. The van der Waals surface area contributed by atoms with Crippen LogP contribution in [0.15, 0.2) is 16.5 Å². The molecular formula is C7H6N2O3. The Morgan fingerprint density at radius 1 is 1.67 bits per heavy atom. The van der Waals surface area contributed by atoms with E-state index in [-0.39, 0.29) is 5.88 Å². The molecule has 0 atom stereocenters. The molecule has 0 unspecified atom stereocenters. The maximum atomic E-state index is 10.1. The number of furan rings is 1. The van der Waals surface area contributed by atoms with Crippen LogP contribution < -0.4 is 0 Å². The summed E-state index contributed by atoms with van der Waals surface area (Å²) in [6.45, 7) is 0. The lowest BCUT2D eigenvalue weighted by Gasteiger charge is -1.86. The molecule has 1 rings (SSSR count). The number of nitriles is 1. The number of hydrogen-bond acceptors (Lipinski definition) is 4. The second-order valence-corrected chi connectivity index (χ2v) is 2.16. The summed E-state index contributed by atoms with van der Waals surface area (Å²) in [6.07, 6.45) is 0.731. The van der Waals surface area contributed by atoms with Crippen LogP contribution in [0.2, 0.25) is 0 Å². The molecule has 0 radical (unpaired) electrons. The lowest BCUT2D eigenvalue weighted by Crippen LogP contribution is -1.83. The highest BCUT2D eigenvalue weighted by Crippen LogP contribution is 2.16. The van der Waals surface area contributed by atoms with Crippen molar-refractivity contribution >= 4 is 5.88 Å². The molecule has 0 aliphatic carbocycles. The lowest BCUT2D eigenvalue weighted by atomic mass is 10.3. The highest BCUT2D eigenvalue weighted by molar-refractivity contribution is 5.18. The minimum atomic E-state index is -0.601. The summed E-state index contributed by atoms with van der Waals surface area (Å²) >= 11 is 0. The maximum Gasteiger partial charge on any atom is 0.433 e. The van der Waals surface area contributed by atoms with Gasteiger partial charge in [0.2, 0.25) is 0 Å². The van der Waals surface area contributed by atoms with Gasteiger partial charge in [0.1, 0.15) is 10.7 Å². The largest absolute Gasteiger partial charge is 0.433 e. The van der Waals surface area contributed by atoms with Crippen molar-refractivity contribution < 1.29 is 9.34 Å². The fourth-order valence-corrected chi connectivity index (χ4v) is 0.778. The number of nitro groups is 1. The van der Waals surface area contributed by atoms with Crippen molar-refractivity contribution in [2.75, 3.05) is 0 Å². The van der Waals surface area contributed by atoms with Crippen LogP contribution in [0.25, 0.3) is 0 Å². The Bertz CT molecular complexity index is 324. The molecule has 0 saturated heterocycles. The van der Waals surface area contributed by atoms with Gasteiger partial charge >= 0.3 is 5.88 Å². The van der Waals surface area contributed by atoms with E-state index in [1.54, 1.807) is 0 Å². The minimum absolute atomic E-state index is 0.275. The van der Waals surface area contributed by atoms with Gasteiger partial charge in [-0.05, 0) is 6.07 Å². The molecule has 1 aromatic rings. The van der Waals surface area contributed by atoms with Crippen LogP contribution in [-0.2, 0) is 6.42 Å². The van der Waals surface area contributed by atoms with Gasteiger partial charge in [-0.3, -0.25) is 10.1 Å². The van der Waals surface area contributed by atoms with Crippen LogP contribution >= 0.6 is 0 Å². The van der Waals surface area contributed by atoms with E-state index in [1.807, 2.05) is 6.07 Å². The summed E-state index contributed by atoms with van der Waals surface area (Å²) in [7, 11) is 0. The molecule has 0 fully saturated rings. The summed E-state index contributed by atoms with van der Waals surface area (Å²) in [5, 5.41) is 18.4. The lowest BCUT2D eigenvalue weighted by molar-refractivity contribution is -0.402. The van der Waals surface area contributed by atoms with Gasteiger partial charge in [-0.2, -0.15) is 5.26 Å². The molecule has 0 amide bonds. The average Bonchev–Trinajstić information content (AvgIpc) is 2.48. The predicted octanol–water partition coefficient (Wildman–Crippen LogP) is 1.64. The zero-order valence-electron chi connectivity index (χ0n) is 6.19. The summed E-state index contributed by atoms with van der Waals surface area (Å²) in [5.41, 5.74) is 0. The maximum absolute atomic E-state index is 10.1. The molecule has 62 valence electrons. The van der Waals surface area contributed by atoms with Crippen molar-refractivity contribution in [2.45, 2.75) is 12.8 Å². The van der Waals surface area contributed by atoms with E-state index in [2.05, 4.69) is 0 Å². The first-order valence-electron chi connectivity index (χ1n) is 3.34. The molecule has 0 N–H and O–H groups in total. The number of hydrogen-bond donors (Lipinski definition) is 0. The van der Waals surface area contributed by atoms with Crippen molar-refractivity contribution in [1.29, 1.82) is 5.26 Å². The average molecular weight is 166 g/mol. The van der Waals surface area contributed by atoms with Crippen molar-refractivity contribution in [3.63, 3.8) is 0 Å². The Labute approximate surface area is 68.4 Å². The van der Waals surface area contributed by atoms with Crippen LogP contribution in [-0.4, -0.2) is 4.92 Å².